The average molecular weight is 445 g/mol. The number of para-hydroxylation sites is 1. The molecule has 8 heteroatoms. The lowest BCUT2D eigenvalue weighted by Crippen LogP contribution is -2.32. The molecule has 0 spiro atoms. The molecular weight excluding hydrogens is 416 g/mol. The number of benzene rings is 2. The summed E-state index contributed by atoms with van der Waals surface area (Å²) in [5.74, 6) is -0.622. The highest BCUT2D eigenvalue weighted by Gasteiger charge is 2.27. The molecule has 0 saturated carbocycles. The molecule has 0 bridgehead atoms. The van der Waals surface area contributed by atoms with Crippen LogP contribution in [0.2, 0.25) is 0 Å². The molecule has 3 rings (SSSR count). The number of nitrogens with two attached hydrogens (primary N) is 1. The van der Waals surface area contributed by atoms with Crippen molar-refractivity contribution in [2.45, 2.75) is 43.9 Å². The number of carbonyl (C=O) groups is 2. The van der Waals surface area contributed by atoms with Crippen molar-refractivity contribution in [3.63, 3.8) is 0 Å². The lowest BCUT2D eigenvalue weighted by molar-refractivity contribution is -0.120. The van der Waals surface area contributed by atoms with Crippen LogP contribution in [0.1, 0.15) is 47.2 Å². The van der Waals surface area contributed by atoms with Crippen molar-refractivity contribution < 1.29 is 22.7 Å². The molecule has 0 unspecified atom stereocenters. The predicted octanol–water partition coefficient (Wildman–Crippen LogP) is 2.85. The minimum atomic E-state index is -3.61. The molecule has 2 N–H and O–H groups in total. The van der Waals surface area contributed by atoms with E-state index in [4.69, 9.17) is 10.5 Å². The SMILES string of the molecule is Cc1ccc(CC(=O)COc2ccccc2C(N)=O)cc1S(=O)(=O)N1CCCCCC1. The Balaban J connectivity index is 1.71. The van der Waals surface area contributed by atoms with Gasteiger partial charge in [-0.1, -0.05) is 37.1 Å². The Kier molecular flexibility index (Phi) is 7.46. The van der Waals surface area contributed by atoms with Crippen molar-refractivity contribution in [2.24, 2.45) is 5.73 Å². The van der Waals surface area contributed by atoms with E-state index < -0.39 is 15.9 Å². The fraction of sp³-hybridized carbons (Fsp3) is 0.391. The lowest BCUT2D eigenvalue weighted by Gasteiger charge is -2.21. The fourth-order valence-corrected chi connectivity index (χ4v) is 5.48. The lowest BCUT2D eigenvalue weighted by atomic mass is 10.1. The topological polar surface area (TPSA) is 107 Å². The minimum absolute atomic E-state index is 0.0293. The molecule has 1 heterocycles. The van der Waals surface area contributed by atoms with Crippen LogP contribution in [-0.4, -0.2) is 44.1 Å². The van der Waals surface area contributed by atoms with Crippen molar-refractivity contribution in [1.29, 1.82) is 0 Å². The Hall–Kier alpha value is -2.71. The Morgan fingerprint density at radius 1 is 1.03 bits per heavy atom. The van der Waals surface area contributed by atoms with Gasteiger partial charge in [0.05, 0.1) is 10.5 Å². The first-order valence-electron chi connectivity index (χ1n) is 10.4. The summed E-state index contributed by atoms with van der Waals surface area (Å²) in [6.07, 6.45) is 3.83. The zero-order valence-electron chi connectivity index (χ0n) is 17.7. The number of aryl methyl sites for hydroxylation is 1. The Bertz CT molecular complexity index is 1060. The van der Waals surface area contributed by atoms with Crippen molar-refractivity contribution in [2.75, 3.05) is 19.7 Å². The van der Waals surface area contributed by atoms with E-state index in [9.17, 15) is 18.0 Å². The van der Waals surface area contributed by atoms with E-state index in [0.29, 0.717) is 24.2 Å². The van der Waals surface area contributed by atoms with Crippen molar-refractivity contribution in [1.82, 2.24) is 4.31 Å². The maximum atomic E-state index is 13.2. The Labute approximate surface area is 183 Å². The van der Waals surface area contributed by atoms with Crippen LogP contribution in [0.3, 0.4) is 0 Å². The monoisotopic (exact) mass is 444 g/mol. The minimum Gasteiger partial charge on any atom is -0.485 e. The van der Waals surface area contributed by atoms with Crippen LogP contribution < -0.4 is 10.5 Å². The third-order valence-corrected chi connectivity index (χ3v) is 7.42. The maximum absolute atomic E-state index is 13.2. The summed E-state index contributed by atoms with van der Waals surface area (Å²) in [6.45, 7) is 2.57. The van der Waals surface area contributed by atoms with Crippen molar-refractivity contribution in [3.8, 4) is 5.75 Å². The van der Waals surface area contributed by atoms with E-state index in [1.807, 2.05) is 0 Å². The van der Waals surface area contributed by atoms with Gasteiger partial charge in [0.2, 0.25) is 10.0 Å². The molecule has 1 saturated heterocycles. The summed E-state index contributed by atoms with van der Waals surface area (Å²) in [5, 5.41) is 0. The normalized spacial score (nSPS) is 15.3. The largest absolute Gasteiger partial charge is 0.485 e. The van der Waals surface area contributed by atoms with Gasteiger partial charge in [-0.3, -0.25) is 9.59 Å². The molecule has 0 atom stereocenters. The predicted molar refractivity (Wildman–Crippen MR) is 118 cm³/mol. The molecule has 2 aromatic rings. The van der Waals surface area contributed by atoms with Gasteiger partial charge in [-0.25, -0.2) is 8.42 Å². The van der Waals surface area contributed by atoms with Gasteiger partial charge < -0.3 is 10.5 Å². The van der Waals surface area contributed by atoms with E-state index in [1.165, 1.54) is 6.07 Å². The van der Waals surface area contributed by atoms with E-state index in [0.717, 1.165) is 25.7 Å². The number of carbonyl (C=O) groups excluding carboxylic acids is 2. The summed E-state index contributed by atoms with van der Waals surface area (Å²) in [6, 6.07) is 11.5. The van der Waals surface area contributed by atoms with Gasteiger partial charge in [-0.2, -0.15) is 4.31 Å². The van der Waals surface area contributed by atoms with Crippen LogP contribution >= 0.6 is 0 Å². The molecule has 0 radical (unpaired) electrons. The number of hydrogen-bond acceptors (Lipinski definition) is 5. The van der Waals surface area contributed by atoms with Gasteiger partial charge in [0.15, 0.2) is 5.78 Å². The molecule has 2 aromatic carbocycles. The highest BCUT2D eigenvalue weighted by molar-refractivity contribution is 7.89. The maximum Gasteiger partial charge on any atom is 0.252 e. The van der Waals surface area contributed by atoms with E-state index >= 15 is 0 Å². The Morgan fingerprint density at radius 3 is 2.39 bits per heavy atom. The van der Waals surface area contributed by atoms with Gasteiger partial charge in [-0.05, 0) is 49.1 Å². The van der Waals surface area contributed by atoms with Gasteiger partial charge in [-0.15, -0.1) is 0 Å². The van der Waals surface area contributed by atoms with Crippen LogP contribution in [0.25, 0.3) is 0 Å². The molecule has 7 nitrogen and oxygen atoms in total. The number of Topliss-reactive ketones (excluding diaryl/α,β-unsaturated/α-hetero) is 1. The number of ketones is 1. The van der Waals surface area contributed by atoms with Crippen molar-refractivity contribution >= 4 is 21.7 Å². The highest BCUT2D eigenvalue weighted by Crippen LogP contribution is 2.24. The quantitative estimate of drug-likeness (QED) is 0.674. The number of nitrogens with zero attached hydrogens (tertiary/aromatic N) is 1. The van der Waals surface area contributed by atoms with Gasteiger partial charge in [0.25, 0.3) is 5.91 Å². The summed E-state index contributed by atoms with van der Waals surface area (Å²) < 4.78 is 33.4. The Morgan fingerprint density at radius 2 is 1.71 bits per heavy atom. The summed E-state index contributed by atoms with van der Waals surface area (Å²) in [4.78, 5) is 24.2. The fourth-order valence-electron chi connectivity index (χ4n) is 3.69. The molecule has 1 aliphatic heterocycles. The second kappa shape index (κ2) is 10.1. The first-order valence-corrected chi connectivity index (χ1v) is 11.9. The second-order valence-corrected chi connectivity index (χ2v) is 9.69. The standard InChI is InChI=1S/C23H28N2O5S/c1-17-10-11-18(15-22(17)31(28,29)25-12-6-2-3-7-13-25)14-19(26)16-30-21-9-5-4-8-20(21)23(24)27/h4-5,8-11,15H,2-3,6-7,12-14,16H2,1H3,(H2,24,27). The first kappa shape index (κ1) is 23.0. The first-order chi connectivity index (χ1) is 14.8. The molecule has 1 fully saturated rings. The van der Waals surface area contributed by atoms with Crippen LogP contribution in [0.4, 0.5) is 0 Å². The van der Waals surface area contributed by atoms with E-state index in [-0.39, 0.29) is 35.0 Å². The van der Waals surface area contributed by atoms with Crippen LogP contribution in [0.5, 0.6) is 5.75 Å². The molecule has 166 valence electrons. The third-order valence-electron chi connectivity index (χ3n) is 5.38. The molecule has 0 aliphatic carbocycles. The average Bonchev–Trinajstić information content (AvgIpc) is 3.04. The summed E-state index contributed by atoms with van der Waals surface area (Å²) in [7, 11) is -3.61. The third kappa shape index (κ3) is 5.71. The smallest absolute Gasteiger partial charge is 0.252 e. The van der Waals surface area contributed by atoms with E-state index in [1.54, 1.807) is 47.6 Å². The number of primary amides is 1. The molecular formula is C23H28N2O5S. The zero-order valence-corrected chi connectivity index (χ0v) is 18.5. The number of ether oxygens (including phenoxy) is 1. The van der Waals surface area contributed by atoms with Gasteiger partial charge in [0.1, 0.15) is 12.4 Å². The molecule has 1 aliphatic rings. The molecule has 31 heavy (non-hydrogen) atoms. The number of hydrogen-bond donors (Lipinski definition) is 1. The molecule has 1 amide bonds. The number of sulfonamides is 1. The highest BCUT2D eigenvalue weighted by atomic mass is 32.2. The summed E-state index contributed by atoms with van der Waals surface area (Å²) in [5.41, 5.74) is 6.79. The van der Waals surface area contributed by atoms with Crippen LogP contribution in [0.15, 0.2) is 47.4 Å². The van der Waals surface area contributed by atoms with Gasteiger partial charge in [0, 0.05) is 19.5 Å². The number of amides is 1. The van der Waals surface area contributed by atoms with Crippen LogP contribution in [0, 0.1) is 6.92 Å². The van der Waals surface area contributed by atoms with Crippen molar-refractivity contribution in [3.05, 3.63) is 59.2 Å². The molecule has 0 aromatic heterocycles. The second-order valence-electron chi connectivity index (χ2n) is 7.78. The zero-order chi connectivity index (χ0) is 22.4. The summed E-state index contributed by atoms with van der Waals surface area (Å²) >= 11 is 0. The van der Waals surface area contributed by atoms with Gasteiger partial charge >= 0.3 is 0 Å². The number of rotatable bonds is 8. The van der Waals surface area contributed by atoms with E-state index in [2.05, 4.69) is 0 Å². The van der Waals surface area contributed by atoms with Crippen LogP contribution in [-0.2, 0) is 21.2 Å².